The van der Waals surface area contributed by atoms with Crippen molar-refractivity contribution in [3.8, 4) is 5.69 Å². The normalized spacial score (nSPS) is 20.4. The number of rotatable bonds is 6. The molecule has 0 aliphatic heterocycles. The summed E-state index contributed by atoms with van der Waals surface area (Å²) in [5.74, 6) is 0. The van der Waals surface area contributed by atoms with Gasteiger partial charge in [0.1, 0.15) is 0 Å². The van der Waals surface area contributed by atoms with Gasteiger partial charge in [0.25, 0.3) is 0 Å². The van der Waals surface area contributed by atoms with E-state index in [2.05, 4.69) is 71.9 Å². The summed E-state index contributed by atoms with van der Waals surface area (Å²) in [6.45, 7) is 13.7. The Morgan fingerprint density at radius 1 is 0.838 bits per heavy atom. The van der Waals surface area contributed by atoms with E-state index in [-0.39, 0.29) is 15.7 Å². The summed E-state index contributed by atoms with van der Waals surface area (Å²) in [4.78, 5) is 0.0901. The van der Waals surface area contributed by atoms with E-state index in [0.29, 0.717) is 0 Å². The highest BCUT2D eigenvalue weighted by Gasteiger charge is 2.27. The van der Waals surface area contributed by atoms with Crippen LogP contribution in [0.1, 0.15) is 91.5 Å². The van der Waals surface area contributed by atoms with Crippen LogP contribution in [0.3, 0.4) is 0 Å². The largest absolute Gasteiger partial charge is 0.238 e. The van der Waals surface area contributed by atoms with Crippen molar-refractivity contribution in [3.63, 3.8) is 0 Å². The molecule has 0 unspecified atom stereocenters. The van der Waals surface area contributed by atoms with Crippen molar-refractivity contribution < 1.29 is 8.42 Å². The number of benzene rings is 1. The molecule has 4 rings (SSSR count). The van der Waals surface area contributed by atoms with E-state index in [1.54, 1.807) is 12.1 Å². The monoisotopic (exact) mass is 519 g/mol. The lowest BCUT2D eigenvalue weighted by Gasteiger charge is -2.32. The summed E-state index contributed by atoms with van der Waals surface area (Å²) in [6, 6.07) is 8.67. The molecule has 1 heterocycles. The van der Waals surface area contributed by atoms with Gasteiger partial charge in [0.05, 0.1) is 22.0 Å². The number of nitrogens with zero attached hydrogens (tertiary/aromatic N) is 2. The van der Waals surface area contributed by atoms with E-state index in [9.17, 15) is 8.42 Å². The van der Waals surface area contributed by atoms with Crippen molar-refractivity contribution in [2.75, 3.05) is 0 Å². The summed E-state index contributed by atoms with van der Waals surface area (Å²) >= 11 is 0. The number of primary sulfonamides is 1. The lowest BCUT2D eigenvalue weighted by Crippen LogP contribution is -2.19. The third-order valence-corrected chi connectivity index (χ3v) is 9.02. The minimum atomic E-state index is -3.75. The molecule has 0 saturated carbocycles. The molecule has 0 bridgehead atoms. The van der Waals surface area contributed by atoms with E-state index >= 15 is 0 Å². The summed E-state index contributed by atoms with van der Waals surface area (Å²) in [7, 11) is -3.75. The van der Waals surface area contributed by atoms with Crippen LogP contribution in [-0.2, 0) is 10.0 Å². The highest BCUT2D eigenvalue weighted by atomic mass is 32.2. The zero-order valence-electron chi connectivity index (χ0n) is 23.1. The van der Waals surface area contributed by atoms with Crippen LogP contribution >= 0.6 is 0 Å². The summed E-state index contributed by atoms with van der Waals surface area (Å²) < 4.78 is 25.4. The summed E-state index contributed by atoms with van der Waals surface area (Å²) in [5.41, 5.74) is 8.57. The lowest BCUT2D eigenvalue weighted by atomic mass is 9.72. The van der Waals surface area contributed by atoms with Gasteiger partial charge in [-0.05, 0) is 117 Å². The van der Waals surface area contributed by atoms with Crippen LogP contribution in [0.2, 0.25) is 0 Å². The van der Waals surface area contributed by atoms with Crippen LogP contribution in [0.15, 0.2) is 69.7 Å². The van der Waals surface area contributed by atoms with Crippen LogP contribution in [0.5, 0.6) is 0 Å². The fourth-order valence-electron chi connectivity index (χ4n) is 5.96. The Hall–Kier alpha value is -2.70. The van der Waals surface area contributed by atoms with Crippen molar-refractivity contribution in [1.29, 1.82) is 0 Å². The fourth-order valence-corrected chi connectivity index (χ4v) is 6.47. The minimum Gasteiger partial charge on any atom is -0.233 e. The van der Waals surface area contributed by atoms with Gasteiger partial charge >= 0.3 is 0 Å². The molecule has 198 valence electrons. The zero-order chi connectivity index (χ0) is 27.0. The van der Waals surface area contributed by atoms with Gasteiger partial charge in [0.15, 0.2) is 0 Å². The van der Waals surface area contributed by atoms with E-state index in [1.807, 2.05) is 4.68 Å². The molecule has 5 nitrogen and oxygen atoms in total. The van der Waals surface area contributed by atoms with Gasteiger partial charge in [-0.2, -0.15) is 5.10 Å². The molecule has 2 aromatic rings. The van der Waals surface area contributed by atoms with E-state index in [0.717, 1.165) is 29.9 Å². The Labute approximate surface area is 222 Å². The van der Waals surface area contributed by atoms with Crippen LogP contribution in [0.25, 0.3) is 17.8 Å². The number of allylic oxidation sites excluding steroid dienone is 6. The molecular formula is C31H41N3O2S. The molecule has 0 spiro atoms. The second-order valence-corrected chi connectivity index (χ2v) is 13.5. The van der Waals surface area contributed by atoms with E-state index in [4.69, 9.17) is 10.2 Å². The molecule has 0 radical (unpaired) electrons. The predicted molar refractivity (Wildman–Crippen MR) is 154 cm³/mol. The SMILES string of the molecule is CC1=C(/C=C/c2cc(/C=C/C3=C(C)CCCC3(C)C)n(-c3ccc(S(N)(=O)=O)cc3)n2)C(C)(C)CCC1. The standard InChI is InChI=1S/C31H41N3O2S/c1-22-9-7-19-30(3,4)28(22)17-11-24-21-26(14-18-29-23(2)10-8-20-31(29,5)6)34(33-24)25-12-15-27(16-13-25)37(32,35)36/h11-18,21H,7-10,19-20H2,1-6H3,(H2,32,35,36)/b17-11+,18-14+. The van der Waals surface area contributed by atoms with Crippen molar-refractivity contribution in [1.82, 2.24) is 9.78 Å². The Kier molecular flexibility index (Phi) is 7.55. The first-order valence-electron chi connectivity index (χ1n) is 13.3. The molecule has 2 aliphatic carbocycles. The highest BCUT2D eigenvalue weighted by molar-refractivity contribution is 7.89. The van der Waals surface area contributed by atoms with Crippen LogP contribution in [0, 0.1) is 10.8 Å². The van der Waals surface area contributed by atoms with Crippen molar-refractivity contribution >= 4 is 22.2 Å². The summed E-state index contributed by atoms with van der Waals surface area (Å²) in [6.07, 6.45) is 15.8. The van der Waals surface area contributed by atoms with Gasteiger partial charge in [-0.25, -0.2) is 18.2 Å². The van der Waals surface area contributed by atoms with Crippen LogP contribution in [0.4, 0.5) is 0 Å². The van der Waals surface area contributed by atoms with E-state index < -0.39 is 10.0 Å². The summed E-state index contributed by atoms with van der Waals surface area (Å²) in [5, 5.41) is 10.2. The number of nitrogens with two attached hydrogens (primary N) is 1. The number of aromatic nitrogens is 2. The molecule has 0 fully saturated rings. The molecule has 6 heteroatoms. The lowest BCUT2D eigenvalue weighted by molar-refractivity contribution is 0.377. The maximum Gasteiger partial charge on any atom is 0.238 e. The number of sulfonamides is 1. The number of hydrogen-bond acceptors (Lipinski definition) is 3. The first-order chi connectivity index (χ1) is 17.3. The molecule has 1 aromatic heterocycles. The third-order valence-electron chi connectivity index (χ3n) is 8.09. The predicted octanol–water partition coefficient (Wildman–Crippen LogP) is 7.60. The minimum absolute atomic E-state index is 0.0901. The molecule has 2 aliphatic rings. The Morgan fingerprint density at radius 3 is 1.84 bits per heavy atom. The molecule has 0 atom stereocenters. The maximum absolute atomic E-state index is 11.8. The van der Waals surface area contributed by atoms with Gasteiger partial charge in [0, 0.05) is 0 Å². The molecular weight excluding hydrogens is 478 g/mol. The third kappa shape index (κ3) is 6.07. The second kappa shape index (κ2) is 10.2. The quantitative estimate of drug-likeness (QED) is 0.427. The van der Waals surface area contributed by atoms with Crippen LogP contribution < -0.4 is 5.14 Å². The van der Waals surface area contributed by atoms with Crippen molar-refractivity contribution in [2.45, 2.75) is 85.0 Å². The van der Waals surface area contributed by atoms with E-state index in [1.165, 1.54) is 60.1 Å². The van der Waals surface area contributed by atoms with Crippen molar-refractivity contribution in [2.24, 2.45) is 16.0 Å². The smallest absolute Gasteiger partial charge is 0.233 e. The van der Waals surface area contributed by atoms with Crippen LogP contribution in [-0.4, -0.2) is 18.2 Å². The maximum atomic E-state index is 11.8. The molecule has 1 aromatic carbocycles. The number of hydrogen-bond donors (Lipinski definition) is 1. The fraction of sp³-hybridized carbons (Fsp3) is 0.452. The highest BCUT2D eigenvalue weighted by Crippen LogP contribution is 2.42. The van der Waals surface area contributed by atoms with Gasteiger partial charge in [-0.15, -0.1) is 0 Å². The first kappa shape index (κ1) is 27.3. The topological polar surface area (TPSA) is 78.0 Å². The Balaban J connectivity index is 1.76. The van der Waals surface area contributed by atoms with Gasteiger partial charge in [-0.1, -0.05) is 51.0 Å². The second-order valence-electron chi connectivity index (χ2n) is 12.0. The molecule has 0 saturated heterocycles. The van der Waals surface area contributed by atoms with Crippen molar-refractivity contribution in [3.05, 3.63) is 76.2 Å². The first-order valence-corrected chi connectivity index (χ1v) is 14.8. The molecule has 2 N–H and O–H groups in total. The van der Waals surface area contributed by atoms with Gasteiger partial charge < -0.3 is 0 Å². The Bertz CT molecular complexity index is 1400. The van der Waals surface area contributed by atoms with Gasteiger partial charge in [0.2, 0.25) is 10.0 Å². The zero-order valence-corrected chi connectivity index (χ0v) is 24.0. The Morgan fingerprint density at radius 2 is 1.35 bits per heavy atom. The van der Waals surface area contributed by atoms with Gasteiger partial charge in [-0.3, -0.25) is 0 Å². The average molecular weight is 520 g/mol. The average Bonchev–Trinajstić information content (AvgIpc) is 3.20. The molecule has 37 heavy (non-hydrogen) atoms. The molecule has 0 amide bonds.